The van der Waals surface area contributed by atoms with Crippen LogP contribution >= 0.6 is 0 Å². The van der Waals surface area contributed by atoms with Gasteiger partial charge in [0.05, 0.1) is 6.61 Å². The van der Waals surface area contributed by atoms with Gasteiger partial charge in [-0.1, -0.05) is 12.2 Å². The van der Waals surface area contributed by atoms with E-state index in [4.69, 9.17) is 4.74 Å². The minimum absolute atomic E-state index is 0.0470. The molecule has 0 radical (unpaired) electrons. The zero-order valence-corrected chi connectivity index (χ0v) is 10.2. The molecule has 2 nitrogen and oxygen atoms in total. The van der Waals surface area contributed by atoms with Crippen LogP contribution in [0.2, 0.25) is 0 Å². The molecule has 1 aromatic rings. The van der Waals surface area contributed by atoms with E-state index in [1.54, 1.807) is 13.2 Å². The molecular weight excluding hydrogens is 243 g/mol. The lowest BCUT2D eigenvalue weighted by Gasteiger charge is -2.01. The lowest BCUT2D eigenvalue weighted by Crippen LogP contribution is -2.19. The second kappa shape index (κ2) is 7.89. The molecule has 5 heteroatoms. The summed E-state index contributed by atoms with van der Waals surface area (Å²) in [6.07, 6.45) is 3.81. The minimum Gasteiger partial charge on any atom is -0.383 e. The molecule has 0 saturated heterocycles. The Balaban J connectivity index is 2.41. The molecular formula is C13H16F3NO. The highest BCUT2D eigenvalue weighted by Gasteiger charge is 2.10. The number of ether oxygens (including phenoxy) is 1. The highest BCUT2D eigenvalue weighted by atomic mass is 19.2. The van der Waals surface area contributed by atoms with Crippen LogP contribution in [0.3, 0.4) is 0 Å². The highest BCUT2D eigenvalue weighted by Crippen LogP contribution is 2.16. The largest absolute Gasteiger partial charge is 0.383 e. The van der Waals surface area contributed by atoms with Crippen LogP contribution in [0.4, 0.5) is 13.2 Å². The van der Waals surface area contributed by atoms with Gasteiger partial charge in [-0.25, -0.2) is 13.2 Å². The lowest BCUT2D eigenvalue weighted by atomic mass is 10.1. The SMILES string of the molecule is COCCNCCC=Cc1ccc(F)c(F)c1F. The van der Waals surface area contributed by atoms with Crippen LogP contribution in [0, 0.1) is 17.5 Å². The normalized spacial score (nSPS) is 11.3. The van der Waals surface area contributed by atoms with Crippen molar-refractivity contribution >= 4 is 6.08 Å². The maximum Gasteiger partial charge on any atom is 0.195 e. The van der Waals surface area contributed by atoms with Crippen LogP contribution in [0.5, 0.6) is 0 Å². The summed E-state index contributed by atoms with van der Waals surface area (Å²) in [6, 6.07) is 2.12. The predicted octanol–water partition coefficient (Wildman–Crippen LogP) is 2.74. The van der Waals surface area contributed by atoms with E-state index in [1.807, 2.05) is 0 Å². The first-order valence-electron chi connectivity index (χ1n) is 5.66. The average molecular weight is 259 g/mol. The van der Waals surface area contributed by atoms with Gasteiger partial charge in [0.2, 0.25) is 0 Å². The highest BCUT2D eigenvalue weighted by molar-refractivity contribution is 5.50. The first kappa shape index (κ1) is 14.7. The second-order valence-electron chi connectivity index (χ2n) is 3.70. The monoisotopic (exact) mass is 259 g/mol. The van der Waals surface area contributed by atoms with Gasteiger partial charge in [0.1, 0.15) is 0 Å². The number of benzene rings is 1. The van der Waals surface area contributed by atoms with Crippen molar-refractivity contribution in [3.05, 3.63) is 41.2 Å². The van der Waals surface area contributed by atoms with Crippen molar-refractivity contribution in [2.75, 3.05) is 26.8 Å². The van der Waals surface area contributed by atoms with Gasteiger partial charge in [-0.2, -0.15) is 0 Å². The molecule has 0 aliphatic heterocycles. The smallest absolute Gasteiger partial charge is 0.195 e. The fourth-order valence-corrected chi connectivity index (χ4v) is 1.36. The number of halogens is 3. The number of methoxy groups -OCH3 is 1. The third-order valence-corrected chi connectivity index (χ3v) is 2.33. The quantitative estimate of drug-likeness (QED) is 0.600. The zero-order valence-electron chi connectivity index (χ0n) is 10.2. The van der Waals surface area contributed by atoms with Gasteiger partial charge in [0.25, 0.3) is 0 Å². The van der Waals surface area contributed by atoms with Gasteiger partial charge in [-0.15, -0.1) is 0 Å². The second-order valence-corrected chi connectivity index (χ2v) is 3.70. The molecule has 0 spiro atoms. The molecule has 0 aliphatic carbocycles. The molecule has 0 atom stereocenters. The van der Waals surface area contributed by atoms with Gasteiger partial charge in [-0.05, 0) is 25.1 Å². The summed E-state index contributed by atoms with van der Waals surface area (Å²) in [6.45, 7) is 2.08. The summed E-state index contributed by atoms with van der Waals surface area (Å²) >= 11 is 0. The topological polar surface area (TPSA) is 21.3 Å². The lowest BCUT2D eigenvalue weighted by molar-refractivity contribution is 0.199. The van der Waals surface area contributed by atoms with Gasteiger partial charge in [0, 0.05) is 19.2 Å². The van der Waals surface area contributed by atoms with E-state index in [0.717, 1.165) is 12.6 Å². The molecule has 0 fully saturated rings. The van der Waals surface area contributed by atoms with Gasteiger partial charge >= 0.3 is 0 Å². The maximum absolute atomic E-state index is 13.2. The molecule has 0 bridgehead atoms. The molecule has 100 valence electrons. The third kappa shape index (κ3) is 4.50. The van der Waals surface area contributed by atoms with E-state index in [0.29, 0.717) is 19.6 Å². The molecule has 0 unspecified atom stereocenters. The van der Waals surface area contributed by atoms with Crippen LogP contribution < -0.4 is 5.32 Å². The summed E-state index contributed by atoms with van der Waals surface area (Å²) in [5, 5.41) is 3.10. The van der Waals surface area contributed by atoms with Crippen molar-refractivity contribution < 1.29 is 17.9 Å². The summed E-state index contributed by atoms with van der Waals surface area (Å²) < 4.78 is 43.6. The Morgan fingerprint density at radius 2 is 1.94 bits per heavy atom. The van der Waals surface area contributed by atoms with Crippen molar-refractivity contribution in [1.29, 1.82) is 0 Å². The van der Waals surface area contributed by atoms with E-state index in [2.05, 4.69) is 5.32 Å². The Labute approximate surface area is 104 Å². The number of rotatable bonds is 7. The van der Waals surface area contributed by atoms with Crippen LogP contribution in [0.1, 0.15) is 12.0 Å². The van der Waals surface area contributed by atoms with Gasteiger partial charge in [-0.3, -0.25) is 0 Å². The Morgan fingerprint density at radius 1 is 1.17 bits per heavy atom. The molecule has 0 aliphatic rings. The van der Waals surface area contributed by atoms with Crippen LogP contribution in [0.25, 0.3) is 6.08 Å². The Hall–Kier alpha value is -1.33. The van der Waals surface area contributed by atoms with Gasteiger partial charge in [0.15, 0.2) is 17.5 Å². The third-order valence-electron chi connectivity index (χ3n) is 2.33. The number of hydrogen-bond acceptors (Lipinski definition) is 2. The van der Waals surface area contributed by atoms with E-state index < -0.39 is 17.5 Å². The van der Waals surface area contributed by atoms with E-state index in [-0.39, 0.29) is 5.56 Å². The number of hydrogen-bond donors (Lipinski definition) is 1. The van der Waals surface area contributed by atoms with Crippen molar-refractivity contribution in [2.45, 2.75) is 6.42 Å². The molecule has 0 aromatic heterocycles. The molecule has 0 saturated carbocycles. The first-order chi connectivity index (χ1) is 8.66. The first-order valence-corrected chi connectivity index (χ1v) is 5.66. The average Bonchev–Trinajstić information content (AvgIpc) is 2.37. The Kier molecular flexibility index (Phi) is 6.46. The fourth-order valence-electron chi connectivity index (χ4n) is 1.36. The molecule has 0 amide bonds. The van der Waals surface area contributed by atoms with Crippen LogP contribution in [0.15, 0.2) is 18.2 Å². The van der Waals surface area contributed by atoms with Crippen LogP contribution in [-0.4, -0.2) is 26.8 Å². The summed E-state index contributed by atoms with van der Waals surface area (Å²) in [5.74, 6) is -3.76. The summed E-state index contributed by atoms with van der Waals surface area (Å²) in [4.78, 5) is 0. The van der Waals surface area contributed by atoms with Gasteiger partial charge < -0.3 is 10.1 Å². The maximum atomic E-state index is 13.2. The molecule has 18 heavy (non-hydrogen) atoms. The molecule has 1 aromatic carbocycles. The summed E-state index contributed by atoms with van der Waals surface area (Å²) in [5.41, 5.74) is 0.0470. The molecule has 1 rings (SSSR count). The van der Waals surface area contributed by atoms with Crippen LogP contribution in [-0.2, 0) is 4.74 Å². The predicted molar refractivity (Wildman–Crippen MR) is 64.7 cm³/mol. The van der Waals surface area contributed by atoms with Crippen molar-refractivity contribution in [3.8, 4) is 0 Å². The van der Waals surface area contributed by atoms with Crippen molar-refractivity contribution in [3.63, 3.8) is 0 Å². The molecule has 1 N–H and O–H groups in total. The standard InChI is InChI=1S/C13H16F3NO/c1-18-9-8-17-7-3-2-4-10-5-6-11(14)13(16)12(10)15/h2,4-6,17H,3,7-9H2,1H3. The Bertz CT molecular complexity index is 407. The zero-order chi connectivity index (χ0) is 13.4. The number of nitrogens with one attached hydrogen (secondary N) is 1. The van der Waals surface area contributed by atoms with E-state index in [1.165, 1.54) is 12.1 Å². The van der Waals surface area contributed by atoms with Crippen molar-refractivity contribution in [2.24, 2.45) is 0 Å². The Morgan fingerprint density at radius 3 is 2.67 bits per heavy atom. The molecule has 0 heterocycles. The van der Waals surface area contributed by atoms with E-state index in [9.17, 15) is 13.2 Å². The minimum atomic E-state index is -1.43. The van der Waals surface area contributed by atoms with E-state index >= 15 is 0 Å². The summed E-state index contributed by atoms with van der Waals surface area (Å²) in [7, 11) is 1.62. The fraction of sp³-hybridized carbons (Fsp3) is 0.385. The van der Waals surface area contributed by atoms with Crippen molar-refractivity contribution in [1.82, 2.24) is 5.32 Å².